The summed E-state index contributed by atoms with van der Waals surface area (Å²) in [7, 11) is 1.96. The molecule has 0 fully saturated rings. The maximum atomic E-state index is 11.3. The van der Waals surface area contributed by atoms with Gasteiger partial charge >= 0.3 is 0 Å². The lowest BCUT2D eigenvalue weighted by Crippen LogP contribution is -2.42. The summed E-state index contributed by atoms with van der Waals surface area (Å²) in [5, 5.41) is 6.18. The van der Waals surface area contributed by atoms with Crippen molar-refractivity contribution >= 4 is 11.6 Å². The largest absolute Gasteiger partial charge is 0.492 e. The number of benzene rings is 1. The Kier molecular flexibility index (Phi) is 4.33. The summed E-state index contributed by atoms with van der Waals surface area (Å²) in [6.07, 6.45) is 1.34. The quantitative estimate of drug-likeness (QED) is 0.888. The van der Waals surface area contributed by atoms with Crippen LogP contribution in [0.3, 0.4) is 0 Å². The Morgan fingerprint density at radius 1 is 1.35 bits per heavy atom. The van der Waals surface area contributed by atoms with Crippen molar-refractivity contribution in [1.82, 2.24) is 5.32 Å². The fraction of sp³-hybridized carbons (Fsp3) is 0.562. The van der Waals surface area contributed by atoms with E-state index < -0.39 is 0 Å². The van der Waals surface area contributed by atoms with Gasteiger partial charge in [-0.1, -0.05) is 20.8 Å². The van der Waals surface area contributed by atoms with E-state index in [0.29, 0.717) is 19.1 Å². The van der Waals surface area contributed by atoms with Crippen molar-refractivity contribution in [3.63, 3.8) is 0 Å². The molecule has 1 aromatic rings. The summed E-state index contributed by atoms with van der Waals surface area (Å²) in [6, 6.07) is 6.16. The molecule has 0 spiro atoms. The highest BCUT2D eigenvalue weighted by Crippen LogP contribution is 2.27. The van der Waals surface area contributed by atoms with E-state index in [2.05, 4.69) is 31.4 Å². The van der Waals surface area contributed by atoms with Gasteiger partial charge in [-0.25, -0.2) is 0 Å². The maximum Gasteiger partial charge on any atom is 0.224 e. The zero-order chi connectivity index (χ0) is 14.8. The Hall–Kier alpha value is -1.55. The zero-order valence-corrected chi connectivity index (χ0v) is 12.7. The second-order valence-corrected chi connectivity index (χ2v) is 6.39. The number of anilines is 1. The molecule has 1 atom stereocenters. The van der Waals surface area contributed by atoms with E-state index in [1.54, 1.807) is 0 Å². The van der Waals surface area contributed by atoms with Crippen molar-refractivity contribution in [3.05, 3.63) is 23.8 Å². The lowest BCUT2D eigenvalue weighted by molar-refractivity contribution is -0.116. The van der Waals surface area contributed by atoms with Gasteiger partial charge in [0.05, 0.1) is 0 Å². The van der Waals surface area contributed by atoms with Gasteiger partial charge in [0.1, 0.15) is 12.4 Å². The van der Waals surface area contributed by atoms with Crippen LogP contribution in [-0.4, -0.2) is 25.6 Å². The van der Waals surface area contributed by atoms with Crippen LogP contribution in [0.1, 0.15) is 32.8 Å². The van der Waals surface area contributed by atoms with E-state index in [4.69, 9.17) is 4.74 Å². The second kappa shape index (κ2) is 5.83. The summed E-state index contributed by atoms with van der Waals surface area (Å²) in [5.74, 6) is 0.957. The van der Waals surface area contributed by atoms with Crippen molar-refractivity contribution in [2.24, 2.45) is 5.41 Å². The SMILES string of the molecule is CNC(COc1ccc2c(c1)CCC(=O)N2)C(C)(C)C. The van der Waals surface area contributed by atoms with E-state index in [9.17, 15) is 4.79 Å². The molecule has 4 nitrogen and oxygen atoms in total. The number of carbonyl (C=O) groups excluding carboxylic acids is 1. The number of amides is 1. The number of hydrogen-bond acceptors (Lipinski definition) is 3. The van der Waals surface area contributed by atoms with Crippen LogP contribution < -0.4 is 15.4 Å². The Bertz CT molecular complexity index is 492. The summed E-state index contributed by atoms with van der Waals surface area (Å²) >= 11 is 0. The third kappa shape index (κ3) is 3.51. The first-order valence-corrected chi connectivity index (χ1v) is 7.13. The van der Waals surface area contributed by atoms with E-state index >= 15 is 0 Å². The molecule has 1 aliphatic heterocycles. The molecular formula is C16H24N2O2. The van der Waals surface area contributed by atoms with Gasteiger partial charge in [0.25, 0.3) is 0 Å². The fourth-order valence-electron chi connectivity index (χ4n) is 2.40. The van der Waals surface area contributed by atoms with Crippen LogP contribution in [-0.2, 0) is 11.2 Å². The van der Waals surface area contributed by atoms with Crippen LogP contribution in [0.25, 0.3) is 0 Å². The number of hydrogen-bond donors (Lipinski definition) is 2. The van der Waals surface area contributed by atoms with Crippen molar-refractivity contribution in [2.75, 3.05) is 19.0 Å². The summed E-state index contributed by atoms with van der Waals surface area (Å²) in [4.78, 5) is 11.3. The van der Waals surface area contributed by atoms with Crippen molar-refractivity contribution in [1.29, 1.82) is 0 Å². The van der Waals surface area contributed by atoms with Gasteiger partial charge in [-0.3, -0.25) is 4.79 Å². The molecular weight excluding hydrogens is 252 g/mol. The van der Waals surface area contributed by atoms with Gasteiger partial charge in [-0.05, 0) is 42.6 Å². The van der Waals surface area contributed by atoms with Gasteiger partial charge in [-0.2, -0.15) is 0 Å². The number of likely N-dealkylation sites (N-methyl/N-ethyl adjacent to an activating group) is 1. The normalized spacial score (nSPS) is 16.3. The third-order valence-corrected chi connectivity index (χ3v) is 3.78. The summed E-state index contributed by atoms with van der Waals surface area (Å²) in [6.45, 7) is 7.21. The number of fused-ring (bicyclic) bond motifs is 1. The van der Waals surface area contributed by atoms with Gasteiger partial charge in [0.2, 0.25) is 5.91 Å². The highest BCUT2D eigenvalue weighted by atomic mass is 16.5. The maximum absolute atomic E-state index is 11.3. The molecule has 1 heterocycles. The molecule has 2 N–H and O–H groups in total. The summed E-state index contributed by atoms with van der Waals surface area (Å²) < 4.78 is 5.90. The minimum absolute atomic E-state index is 0.0918. The molecule has 2 rings (SSSR count). The molecule has 0 bridgehead atoms. The predicted octanol–water partition coefficient (Wildman–Crippen LogP) is 2.58. The number of ether oxygens (including phenoxy) is 1. The van der Waals surface area contributed by atoms with Crippen molar-refractivity contribution in [2.45, 2.75) is 39.7 Å². The van der Waals surface area contributed by atoms with Crippen LogP contribution in [0.5, 0.6) is 5.75 Å². The van der Waals surface area contributed by atoms with Gasteiger partial charge in [0, 0.05) is 18.2 Å². The highest BCUT2D eigenvalue weighted by Gasteiger charge is 2.23. The van der Waals surface area contributed by atoms with E-state index in [-0.39, 0.29) is 11.3 Å². The minimum atomic E-state index is 0.0918. The molecule has 0 saturated heterocycles. The van der Waals surface area contributed by atoms with Crippen LogP contribution in [0.4, 0.5) is 5.69 Å². The van der Waals surface area contributed by atoms with Crippen LogP contribution in [0.15, 0.2) is 18.2 Å². The molecule has 4 heteroatoms. The smallest absolute Gasteiger partial charge is 0.224 e. The van der Waals surface area contributed by atoms with Gasteiger partial charge in [-0.15, -0.1) is 0 Å². The molecule has 110 valence electrons. The average Bonchev–Trinajstić information content (AvgIpc) is 2.38. The first-order valence-electron chi connectivity index (χ1n) is 7.13. The standard InChI is InChI=1S/C16H24N2O2/c1-16(2,3)14(17-4)10-20-12-6-7-13-11(9-12)5-8-15(19)18-13/h6-7,9,14,17H,5,8,10H2,1-4H3,(H,18,19). The molecule has 1 aliphatic rings. The van der Waals surface area contributed by atoms with Gasteiger partial charge < -0.3 is 15.4 Å². The lowest BCUT2D eigenvalue weighted by atomic mass is 9.87. The van der Waals surface area contributed by atoms with Gasteiger partial charge in [0.15, 0.2) is 0 Å². The van der Waals surface area contributed by atoms with E-state index in [1.807, 2.05) is 25.2 Å². The molecule has 0 aromatic heterocycles. The van der Waals surface area contributed by atoms with Crippen molar-refractivity contribution < 1.29 is 9.53 Å². The first-order chi connectivity index (χ1) is 9.40. The summed E-state index contributed by atoms with van der Waals surface area (Å²) in [5.41, 5.74) is 2.21. The van der Waals surface area contributed by atoms with E-state index in [0.717, 1.165) is 23.4 Å². The molecule has 20 heavy (non-hydrogen) atoms. The number of nitrogens with one attached hydrogen (secondary N) is 2. The zero-order valence-electron chi connectivity index (χ0n) is 12.7. The number of rotatable bonds is 4. The Labute approximate surface area is 120 Å². The van der Waals surface area contributed by atoms with Crippen LogP contribution >= 0.6 is 0 Å². The molecule has 0 aliphatic carbocycles. The number of aryl methyl sites for hydroxylation is 1. The number of carbonyl (C=O) groups is 1. The lowest BCUT2D eigenvalue weighted by Gasteiger charge is -2.30. The van der Waals surface area contributed by atoms with E-state index in [1.165, 1.54) is 0 Å². The average molecular weight is 276 g/mol. The molecule has 1 aromatic carbocycles. The molecule has 1 amide bonds. The van der Waals surface area contributed by atoms with Crippen LogP contribution in [0, 0.1) is 5.41 Å². The second-order valence-electron chi connectivity index (χ2n) is 6.39. The monoisotopic (exact) mass is 276 g/mol. The fourth-order valence-corrected chi connectivity index (χ4v) is 2.40. The molecule has 0 radical (unpaired) electrons. The molecule has 1 unspecified atom stereocenters. The highest BCUT2D eigenvalue weighted by molar-refractivity contribution is 5.93. The topological polar surface area (TPSA) is 50.4 Å². The predicted molar refractivity (Wildman–Crippen MR) is 81.2 cm³/mol. The van der Waals surface area contributed by atoms with Crippen molar-refractivity contribution in [3.8, 4) is 5.75 Å². The first kappa shape index (κ1) is 14.9. The Morgan fingerprint density at radius 3 is 2.75 bits per heavy atom. The Morgan fingerprint density at radius 2 is 2.10 bits per heavy atom. The Balaban J connectivity index is 2.02. The van der Waals surface area contributed by atoms with Crippen LogP contribution in [0.2, 0.25) is 0 Å². The minimum Gasteiger partial charge on any atom is -0.492 e. The molecule has 0 saturated carbocycles. The third-order valence-electron chi connectivity index (χ3n) is 3.78.